The summed E-state index contributed by atoms with van der Waals surface area (Å²) in [5, 5.41) is 6.53. The molecule has 0 amide bonds. The standard InChI is InChI=1S/C15H23FN2/c1-15(2,3)18-10-13(16)14-12-7-5-4-6-11(12)8-9-17-14/h4-7,13-14,17-18H,8-10H2,1-3H3. The van der Waals surface area contributed by atoms with E-state index in [0.29, 0.717) is 6.54 Å². The maximum absolute atomic E-state index is 14.4. The highest BCUT2D eigenvalue weighted by Gasteiger charge is 2.27. The molecule has 3 heteroatoms. The minimum absolute atomic E-state index is 0.0431. The summed E-state index contributed by atoms with van der Waals surface area (Å²) in [6, 6.07) is 7.98. The summed E-state index contributed by atoms with van der Waals surface area (Å²) in [4.78, 5) is 0. The van der Waals surface area contributed by atoms with Gasteiger partial charge in [0.15, 0.2) is 0 Å². The van der Waals surface area contributed by atoms with Crippen LogP contribution in [0.4, 0.5) is 4.39 Å². The Morgan fingerprint density at radius 2 is 2.11 bits per heavy atom. The van der Waals surface area contributed by atoms with E-state index >= 15 is 0 Å². The Bertz CT molecular complexity index is 398. The van der Waals surface area contributed by atoms with Gasteiger partial charge in [0.1, 0.15) is 6.17 Å². The minimum Gasteiger partial charge on any atom is -0.309 e. The van der Waals surface area contributed by atoms with Crippen molar-refractivity contribution in [2.24, 2.45) is 0 Å². The van der Waals surface area contributed by atoms with Gasteiger partial charge in [0.2, 0.25) is 0 Å². The van der Waals surface area contributed by atoms with Gasteiger partial charge in [-0.2, -0.15) is 0 Å². The predicted octanol–water partition coefficient (Wildman–Crippen LogP) is 2.60. The molecule has 1 aromatic carbocycles. The zero-order chi connectivity index (χ0) is 13.2. The first-order chi connectivity index (χ1) is 8.47. The van der Waals surface area contributed by atoms with Crippen molar-refractivity contribution < 1.29 is 4.39 Å². The number of fused-ring (bicyclic) bond motifs is 1. The van der Waals surface area contributed by atoms with E-state index in [2.05, 4.69) is 37.5 Å². The van der Waals surface area contributed by atoms with Crippen LogP contribution in [0.3, 0.4) is 0 Å². The second-order valence-corrected chi connectivity index (χ2v) is 6.03. The molecule has 100 valence electrons. The lowest BCUT2D eigenvalue weighted by Gasteiger charge is -2.31. The van der Waals surface area contributed by atoms with Crippen LogP contribution in [0.25, 0.3) is 0 Å². The number of hydrogen-bond donors (Lipinski definition) is 2. The molecule has 0 fully saturated rings. The van der Waals surface area contributed by atoms with Gasteiger partial charge in [-0.3, -0.25) is 0 Å². The van der Waals surface area contributed by atoms with E-state index < -0.39 is 6.17 Å². The molecule has 0 aliphatic carbocycles. The van der Waals surface area contributed by atoms with Gasteiger partial charge in [0.05, 0.1) is 6.04 Å². The first kappa shape index (κ1) is 13.5. The van der Waals surface area contributed by atoms with Gasteiger partial charge in [-0.25, -0.2) is 4.39 Å². The maximum Gasteiger partial charge on any atom is 0.132 e. The van der Waals surface area contributed by atoms with Crippen molar-refractivity contribution in [3.63, 3.8) is 0 Å². The molecule has 18 heavy (non-hydrogen) atoms. The Hall–Kier alpha value is -0.930. The summed E-state index contributed by atoms with van der Waals surface area (Å²) in [5.41, 5.74) is 2.35. The monoisotopic (exact) mass is 250 g/mol. The Labute approximate surface area is 109 Å². The molecule has 2 rings (SSSR count). The van der Waals surface area contributed by atoms with E-state index in [1.807, 2.05) is 18.2 Å². The third-order valence-corrected chi connectivity index (χ3v) is 3.34. The lowest BCUT2D eigenvalue weighted by molar-refractivity contribution is 0.220. The zero-order valence-electron chi connectivity index (χ0n) is 11.5. The van der Waals surface area contributed by atoms with Crippen LogP contribution in [0.15, 0.2) is 24.3 Å². The second kappa shape index (κ2) is 5.37. The van der Waals surface area contributed by atoms with Gasteiger partial charge in [-0.05, 0) is 44.9 Å². The summed E-state index contributed by atoms with van der Waals surface area (Å²) in [6.07, 6.45) is 0.0946. The molecule has 0 bridgehead atoms. The molecule has 2 atom stereocenters. The average Bonchev–Trinajstić information content (AvgIpc) is 2.34. The third-order valence-electron chi connectivity index (χ3n) is 3.34. The highest BCUT2D eigenvalue weighted by molar-refractivity contribution is 5.33. The first-order valence-electron chi connectivity index (χ1n) is 6.68. The van der Waals surface area contributed by atoms with Crippen LogP contribution in [0, 0.1) is 0 Å². The number of hydrogen-bond acceptors (Lipinski definition) is 2. The Balaban J connectivity index is 2.06. The van der Waals surface area contributed by atoms with Crippen LogP contribution in [-0.4, -0.2) is 24.8 Å². The summed E-state index contributed by atoms with van der Waals surface area (Å²) in [7, 11) is 0. The van der Waals surface area contributed by atoms with Gasteiger partial charge in [0.25, 0.3) is 0 Å². The predicted molar refractivity (Wildman–Crippen MR) is 73.5 cm³/mol. The van der Waals surface area contributed by atoms with E-state index in [1.54, 1.807) is 0 Å². The highest BCUT2D eigenvalue weighted by atomic mass is 19.1. The fourth-order valence-electron chi connectivity index (χ4n) is 2.38. The van der Waals surface area contributed by atoms with Crippen molar-refractivity contribution >= 4 is 0 Å². The van der Waals surface area contributed by atoms with E-state index in [9.17, 15) is 4.39 Å². The number of alkyl halides is 1. The molecule has 0 spiro atoms. The molecule has 1 aliphatic rings. The maximum atomic E-state index is 14.4. The van der Waals surface area contributed by atoms with Gasteiger partial charge in [0, 0.05) is 12.1 Å². The van der Waals surface area contributed by atoms with Gasteiger partial charge < -0.3 is 10.6 Å². The molecule has 0 saturated heterocycles. The van der Waals surface area contributed by atoms with Gasteiger partial charge in [-0.15, -0.1) is 0 Å². The SMILES string of the molecule is CC(C)(C)NCC(F)C1NCCc2ccccc21. The molecule has 0 aromatic heterocycles. The Kier molecular flexibility index (Phi) is 4.03. The fourth-order valence-corrected chi connectivity index (χ4v) is 2.38. The van der Waals surface area contributed by atoms with E-state index in [-0.39, 0.29) is 11.6 Å². The van der Waals surface area contributed by atoms with E-state index in [1.165, 1.54) is 5.56 Å². The summed E-state index contributed by atoms with van der Waals surface area (Å²) < 4.78 is 14.4. The number of nitrogens with one attached hydrogen (secondary N) is 2. The summed E-state index contributed by atoms with van der Waals surface area (Å²) >= 11 is 0. The normalized spacial score (nSPS) is 21.4. The fraction of sp³-hybridized carbons (Fsp3) is 0.600. The van der Waals surface area contributed by atoms with Crippen molar-refractivity contribution in [3.8, 4) is 0 Å². The number of rotatable bonds is 3. The molecule has 1 heterocycles. The van der Waals surface area contributed by atoms with Crippen LogP contribution >= 0.6 is 0 Å². The highest BCUT2D eigenvalue weighted by Crippen LogP contribution is 2.26. The first-order valence-corrected chi connectivity index (χ1v) is 6.68. The molecular formula is C15H23FN2. The molecule has 1 aromatic rings. The third kappa shape index (κ3) is 3.30. The molecular weight excluding hydrogens is 227 g/mol. The van der Waals surface area contributed by atoms with Crippen molar-refractivity contribution in [1.29, 1.82) is 0 Å². The van der Waals surface area contributed by atoms with Crippen LogP contribution < -0.4 is 10.6 Å². The largest absolute Gasteiger partial charge is 0.309 e. The van der Waals surface area contributed by atoms with E-state index in [4.69, 9.17) is 0 Å². The van der Waals surface area contributed by atoms with Crippen LogP contribution in [-0.2, 0) is 6.42 Å². The van der Waals surface area contributed by atoms with Crippen molar-refractivity contribution in [1.82, 2.24) is 10.6 Å². The molecule has 2 unspecified atom stereocenters. The van der Waals surface area contributed by atoms with E-state index in [0.717, 1.165) is 18.5 Å². The Morgan fingerprint density at radius 3 is 2.83 bits per heavy atom. The van der Waals surface area contributed by atoms with Crippen LogP contribution in [0.1, 0.15) is 37.9 Å². The molecule has 1 aliphatic heterocycles. The van der Waals surface area contributed by atoms with Gasteiger partial charge in [-0.1, -0.05) is 24.3 Å². The average molecular weight is 250 g/mol. The van der Waals surface area contributed by atoms with Gasteiger partial charge >= 0.3 is 0 Å². The molecule has 0 radical (unpaired) electrons. The summed E-state index contributed by atoms with van der Waals surface area (Å²) in [5.74, 6) is 0. The second-order valence-electron chi connectivity index (χ2n) is 6.03. The Morgan fingerprint density at radius 1 is 1.39 bits per heavy atom. The topological polar surface area (TPSA) is 24.1 Å². The lowest BCUT2D eigenvalue weighted by atomic mass is 9.91. The quantitative estimate of drug-likeness (QED) is 0.861. The minimum atomic E-state index is -0.898. The van der Waals surface area contributed by atoms with Crippen molar-refractivity contribution in [2.45, 2.75) is 44.9 Å². The summed E-state index contributed by atoms with van der Waals surface area (Å²) in [6.45, 7) is 7.42. The van der Waals surface area contributed by atoms with Crippen molar-refractivity contribution in [3.05, 3.63) is 35.4 Å². The number of benzene rings is 1. The number of halogens is 1. The smallest absolute Gasteiger partial charge is 0.132 e. The van der Waals surface area contributed by atoms with Crippen molar-refractivity contribution in [2.75, 3.05) is 13.1 Å². The molecule has 2 nitrogen and oxygen atoms in total. The van der Waals surface area contributed by atoms with Crippen LogP contribution in [0.2, 0.25) is 0 Å². The van der Waals surface area contributed by atoms with Crippen LogP contribution in [0.5, 0.6) is 0 Å². The zero-order valence-corrected chi connectivity index (χ0v) is 11.5. The lowest BCUT2D eigenvalue weighted by Crippen LogP contribution is -2.45. The molecule has 0 saturated carbocycles. The molecule has 2 N–H and O–H groups in total.